The fraction of sp³-hybridized carbons (Fsp3) is 0.294. The number of nitrogens with zero attached hydrogens (tertiary/aromatic N) is 1. The Labute approximate surface area is 157 Å². The largest absolute Gasteiger partial charge is 0.394 e. The zero-order chi connectivity index (χ0) is 21.2. The Bertz CT molecular complexity index is 937. The molecule has 2 aromatic carbocycles. The Hall–Kier alpha value is -2.24. The van der Waals surface area contributed by atoms with Crippen LogP contribution in [0.2, 0.25) is 0 Å². The van der Waals surface area contributed by atoms with Gasteiger partial charge in [0.25, 0.3) is 10.0 Å². The van der Waals surface area contributed by atoms with Crippen molar-refractivity contribution in [2.45, 2.75) is 24.3 Å². The first-order valence-electron chi connectivity index (χ1n) is 7.92. The van der Waals surface area contributed by atoms with E-state index < -0.39 is 63.3 Å². The monoisotopic (exact) mass is 425 g/mol. The fourth-order valence-corrected chi connectivity index (χ4v) is 3.98. The van der Waals surface area contributed by atoms with Crippen molar-refractivity contribution in [3.63, 3.8) is 0 Å². The normalized spacial score (nSPS) is 12.9. The number of aliphatic hydroxyl groups is 2. The van der Waals surface area contributed by atoms with E-state index in [1.165, 1.54) is 24.3 Å². The summed E-state index contributed by atoms with van der Waals surface area (Å²) in [5.74, 6) is -12.2. The van der Waals surface area contributed by atoms with Crippen molar-refractivity contribution in [1.82, 2.24) is 0 Å². The second-order valence-corrected chi connectivity index (χ2v) is 7.74. The average Bonchev–Trinajstić information content (AvgIpc) is 2.65. The summed E-state index contributed by atoms with van der Waals surface area (Å²) in [7, 11) is -5.25. The van der Waals surface area contributed by atoms with Crippen molar-refractivity contribution < 1.29 is 40.6 Å². The van der Waals surface area contributed by atoms with Crippen LogP contribution in [0.3, 0.4) is 0 Å². The van der Waals surface area contributed by atoms with Gasteiger partial charge in [-0.2, -0.15) is 0 Å². The van der Waals surface area contributed by atoms with Gasteiger partial charge >= 0.3 is 0 Å². The minimum Gasteiger partial charge on any atom is -0.394 e. The number of halogens is 5. The minimum absolute atomic E-state index is 0.125. The maximum Gasteiger partial charge on any atom is 0.270 e. The molecule has 0 saturated heterocycles. The van der Waals surface area contributed by atoms with E-state index in [9.17, 15) is 35.5 Å². The van der Waals surface area contributed by atoms with E-state index in [4.69, 9.17) is 5.11 Å². The molecule has 0 saturated carbocycles. The highest BCUT2D eigenvalue weighted by Crippen LogP contribution is 2.31. The number of rotatable bonds is 7. The van der Waals surface area contributed by atoms with Crippen LogP contribution < -0.4 is 4.31 Å². The van der Waals surface area contributed by atoms with Crippen LogP contribution in [0, 0.1) is 36.0 Å². The minimum atomic E-state index is -5.25. The van der Waals surface area contributed by atoms with Gasteiger partial charge in [-0.25, -0.2) is 30.4 Å². The number of hydrogen-bond acceptors (Lipinski definition) is 4. The molecule has 0 radical (unpaired) electrons. The van der Waals surface area contributed by atoms with Crippen LogP contribution in [-0.2, 0) is 10.0 Å². The second-order valence-electron chi connectivity index (χ2n) is 5.94. The van der Waals surface area contributed by atoms with Crippen LogP contribution in [0.15, 0.2) is 29.2 Å². The van der Waals surface area contributed by atoms with Gasteiger partial charge in [-0.05, 0) is 25.5 Å². The van der Waals surface area contributed by atoms with E-state index in [2.05, 4.69) is 0 Å². The summed E-state index contributed by atoms with van der Waals surface area (Å²) < 4.78 is 94.5. The number of aliphatic hydroxyl groups excluding tert-OH is 2. The number of anilines is 1. The third-order valence-corrected chi connectivity index (χ3v) is 5.76. The summed E-state index contributed by atoms with van der Waals surface area (Å²) >= 11 is 0. The zero-order valence-electron chi connectivity index (χ0n) is 14.5. The molecule has 2 aromatic rings. The highest BCUT2D eigenvalue weighted by atomic mass is 32.2. The van der Waals surface area contributed by atoms with Gasteiger partial charge in [0.15, 0.2) is 28.2 Å². The molecule has 1 unspecified atom stereocenters. The summed E-state index contributed by atoms with van der Waals surface area (Å²) in [6.45, 7) is 0.374. The molecule has 0 aliphatic heterocycles. The molecule has 28 heavy (non-hydrogen) atoms. The van der Waals surface area contributed by atoms with Gasteiger partial charge < -0.3 is 10.2 Å². The smallest absolute Gasteiger partial charge is 0.270 e. The maximum atomic E-state index is 14.1. The van der Waals surface area contributed by atoms with E-state index in [-0.39, 0.29) is 12.1 Å². The van der Waals surface area contributed by atoms with Gasteiger partial charge in [-0.3, -0.25) is 4.31 Å². The Morgan fingerprint density at radius 1 is 0.929 bits per heavy atom. The molecular weight excluding hydrogens is 409 g/mol. The van der Waals surface area contributed by atoms with E-state index in [0.717, 1.165) is 0 Å². The number of benzene rings is 2. The van der Waals surface area contributed by atoms with Crippen LogP contribution >= 0.6 is 0 Å². The van der Waals surface area contributed by atoms with Gasteiger partial charge in [0, 0.05) is 6.54 Å². The molecule has 2 N–H and O–H groups in total. The fourth-order valence-electron chi connectivity index (χ4n) is 2.38. The maximum absolute atomic E-state index is 14.1. The van der Waals surface area contributed by atoms with Gasteiger partial charge in [0.1, 0.15) is 0 Å². The molecule has 0 heterocycles. The summed E-state index contributed by atoms with van der Waals surface area (Å²) in [6.07, 6.45) is -1.72. The molecule has 0 aromatic heterocycles. The van der Waals surface area contributed by atoms with Crippen LogP contribution in [0.5, 0.6) is 0 Å². The first-order valence-corrected chi connectivity index (χ1v) is 9.36. The van der Waals surface area contributed by atoms with Crippen molar-refractivity contribution in [1.29, 1.82) is 0 Å². The third kappa shape index (κ3) is 4.10. The summed E-state index contributed by atoms with van der Waals surface area (Å²) in [5.41, 5.74) is 0.590. The molecule has 0 aliphatic rings. The number of sulfonamides is 1. The molecule has 11 heteroatoms. The predicted octanol–water partition coefficient (Wildman–Crippen LogP) is 2.63. The lowest BCUT2D eigenvalue weighted by atomic mass is 10.2. The second kappa shape index (κ2) is 8.41. The first kappa shape index (κ1) is 22.1. The zero-order valence-corrected chi connectivity index (χ0v) is 15.3. The lowest BCUT2D eigenvalue weighted by molar-refractivity contribution is 0.0904. The molecular formula is C17H16F5NO4S. The van der Waals surface area contributed by atoms with Crippen molar-refractivity contribution in [3.8, 4) is 0 Å². The molecule has 0 amide bonds. The van der Waals surface area contributed by atoms with E-state index in [0.29, 0.717) is 9.87 Å². The molecule has 0 spiro atoms. The summed E-state index contributed by atoms with van der Waals surface area (Å²) in [5, 5.41) is 18.4. The lowest BCUT2D eigenvalue weighted by Crippen LogP contribution is -2.36. The summed E-state index contributed by atoms with van der Waals surface area (Å²) in [6, 6.07) is 5.48. The van der Waals surface area contributed by atoms with E-state index >= 15 is 0 Å². The molecule has 154 valence electrons. The Kier molecular flexibility index (Phi) is 6.63. The first-order chi connectivity index (χ1) is 13.0. The van der Waals surface area contributed by atoms with E-state index in [1.807, 2.05) is 0 Å². The Morgan fingerprint density at radius 2 is 1.39 bits per heavy atom. The van der Waals surface area contributed by atoms with Gasteiger partial charge in [0.05, 0.1) is 18.4 Å². The average molecular weight is 425 g/mol. The quantitative estimate of drug-likeness (QED) is 0.406. The highest BCUT2D eigenvalue weighted by Gasteiger charge is 2.37. The van der Waals surface area contributed by atoms with Gasteiger partial charge in [0.2, 0.25) is 5.82 Å². The SMILES string of the molecule is Cc1ccc(N(CCC(O)CO)S(=O)(=O)c2c(F)c(F)c(F)c(F)c2F)cc1. The van der Waals surface area contributed by atoms with Crippen LogP contribution in [0.1, 0.15) is 12.0 Å². The molecule has 1 atom stereocenters. The standard InChI is InChI=1S/C17H16F5NO4S/c1-9-2-4-10(5-3-9)23(7-6-11(25)8-24)28(26,27)17-15(21)13(19)12(18)14(20)16(17)22/h2-5,11,24-25H,6-8H2,1H3. The lowest BCUT2D eigenvalue weighted by Gasteiger charge is -2.26. The Morgan fingerprint density at radius 3 is 1.86 bits per heavy atom. The molecule has 0 aliphatic carbocycles. The number of hydrogen-bond donors (Lipinski definition) is 2. The van der Waals surface area contributed by atoms with Gasteiger partial charge in [-0.1, -0.05) is 17.7 Å². The van der Waals surface area contributed by atoms with Gasteiger partial charge in [-0.15, -0.1) is 0 Å². The topological polar surface area (TPSA) is 77.8 Å². The van der Waals surface area contributed by atoms with E-state index in [1.54, 1.807) is 6.92 Å². The molecule has 0 bridgehead atoms. The van der Waals surface area contributed by atoms with Crippen molar-refractivity contribution in [2.24, 2.45) is 0 Å². The van der Waals surface area contributed by atoms with Crippen LogP contribution in [-0.4, -0.2) is 37.9 Å². The molecule has 2 rings (SSSR count). The van der Waals surface area contributed by atoms with Crippen LogP contribution in [0.4, 0.5) is 27.6 Å². The summed E-state index contributed by atoms with van der Waals surface area (Å²) in [4.78, 5) is -2.00. The highest BCUT2D eigenvalue weighted by molar-refractivity contribution is 7.92. The predicted molar refractivity (Wildman–Crippen MR) is 89.7 cm³/mol. The third-order valence-electron chi connectivity index (χ3n) is 3.92. The van der Waals surface area contributed by atoms with Crippen LogP contribution in [0.25, 0.3) is 0 Å². The number of aryl methyl sites for hydroxylation is 1. The molecule has 0 fully saturated rings. The van der Waals surface area contributed by atoms with Crippen molar-refractivity contribution >= 4 is 15.7 Å². The Balaban J connectivity index is 2.66. The van der Waals surface area contributed by atoms with Crippen molar-refractivity contribution in [2.75, 3.05) is 17.5 Å². The molecule has 5 nitrogen and oxygen atoms in total. The van der Waals surface area contributed by atoms with Crippen molar-refractivity contribution in [3.05, 3.63) is 58.9 Å².